The number of hydrogen-bond acceptors (Lipinski definition) is 3. The number of pyridine rings is 1. The predicted octanol–water partition coefficient (Wildman–Crippen LogP) is 3.57. The third-order valence-corrected chi connectivity index (χ3v) is 4.45. The molecular formula is C19H19ClN2O2. The fraction of sp³-hybridized carbons (Fsp3) is 0.263. The van der Waals surface area contributed by atoms with Crippen molar-refractivity contribution in [2.75, 3.05) is 13.2 Å². The van der Waals surface area contributed by atoms with Gasteiger partial charge in [-0.25, -0.2) is 0 Å². The Balaban J connectivity index is 1.78. The molecule has 1 N–H and O–H groups in total. The highest BCUT2D eigenvalue weighted by Gasteiger charge is 2.35. The van der Waals surface area contributed by atoms with Gasteiger partial charge in [-0.1, -0.05) is 29.8 Å². The number of halogens is 1. The van der Waals surface area contributed by atoms with Gasteiger partial charge in [0.25, 0.3) is 0 Å². The molecule has 1 aromatic heterocycles. The largest absolute Gasteiger partial charge is 0.381 e. The van der Waals surface area contributed by atoms with Crippen LogP contribution in [0.3, 0.4) is 0 Å². The molecule has 124 valence electrons. The number of ether oxygens (including phenoxy) is 1. The van der Waals surface area contributed by atoms with E-state index in [-0.39, 0.29) is 5.91 Å². The van der Waals surface area contributed by atoms with Gasteiger partial charge in [0.1, 0.15) is 0 Å². The summed E-state index contributed by atoms with van der Waals surface area (Å²) in [6.07, 6.45) is 6.40. The van der Waals surface area contributed by atoms with E-state index in [1.807, 2.05) is 42.5 Å². The van der Waals surface area contributed by atoms with Crippen molar-refractivity contribution in [2.24, 2.45) is 0 Å². The molecule has 0 radical (unpaired) electrons. The first-order valence-corrected chi connectivity index (χ1v) is 8.31. The minimum atomic E-state index is -0.422. The molecule has 2 heterocycles. The maximum absolute atomic E-state index is 12.4. The van der Waals surface area contributed by atoms with Crippen LogP contribution in [0.25, 0.3) is 6.08 Å². The molecular weight excluding hydrogens is 324 g/mol. The fourth-order valence-electron chi connectivity index (χ4n) is 2.89. The van der Waals surface area contributed by atoms with Crippen LogP contribution in [0, 0.1) is 0 Å². The summed E-state index contributed by atoms with van der Waals surface area (Å²) in [4.78, 5) is 16.6. The van der Waals surface area contributed by atoms with Gasteiger partial charge >= 0.3 is 0 Å². The Morgan fingerprint density at radius 3 is 2.58 bits per heavy atom. The molecule has 0 saturated carbocycles. The lowest BCUT2D eigenvalue weighted by atomic mass is 9.82. The Hall–Kier alpha value is -2.17. The van der Waals surface area contributed by atoms with Crippen molar-refractivity contribution in [1.29, 1.82) is 0 Å². The number of hydrogen-bond donors (Lipinski definition) is 1. The van der Waals surface area contributed by atoms with Crippen LogP contribution in [0.2, 0.25) is 5.02 Å². The fourth-order valence-corrected chi connectivity index (χ4v) is 3.01. The Morgan fingerprint density at radius 2 is 1.92 bits per heavy atom. The SMILES string of the molecule is O=C(C=Cc1ccccn1)NC1(c2ccc(Cl)cc2)CCOCC1. The number of nitrogens with one attached hydrogen (secondary N) is 1. The van der Waals surface area contributed by atoms with Gasteiger partial charge in [0.05, 0.1) is 11.2 Å². The van der Waals surface area contributed by atoms with E-state index in [9.17, 15) is 4.79 Å². The van der Waals surface area contributed by atoms with Gasteiger partial charge in [-0.15, -0.1) is 0 Å². The van der Waals surface area contributed by atoms with Crippen LogP contribution in [0.15, 0.2) is 54.7 Å². The van der Waals surface area contributed by atoms with Crippen molar-refractivity contribution < 1.29 is 9.53 Å². The third kappa shape index (κ3) is 4.02. The lowest BCUT2D eigenvalue weighted by Crippen LogP contribution is -2.49. The van der Waals surface area contributed by atoms with E-state index in [1.165, 1.54) is 6.08 Å². The van der Waals surface area contributed by atoms with Gasteiger partial charge in [0.15, 0.2) is 0 Å². The van der Waals surface area contributed by atoms with Crippen LogP contribution < -0.4 is 5.32 Å². The van der Waals surface area contributed by atoms with Gasteiger partial charge < -0.3 is 10.1 Å². The zero-order valence-corrected chi connectivity index (χ0v) is 14.0. The van der Waals surface area contributed by atoms with Gasteiger partial charge in [-0.3, -0.25) is 9.78 Å². The Bertz CT molecular complexity index is 708. The van der Waals surface area contributed by atoms with E-state index in [0.29, 0.717) is 18.2 Å². The monoisotopic (exact) mass is 342 g/mol. The maximum atomic E-state index is 12.4. The molecule has 1 amide bonds. The second kappa shape index (κ2) is 7.60. The van der Waals surface area contributed by atoms with E-state index < -0.39 is 5.54 Å². The van der Waals surface area contributed by atoms with Crippen molar-refractivity contribution in [3.8, 4) is 0 Å². The van der Waals surface area contributed by atoms with E-state index in [2.05, 4.69) is 10.3 Å². The van der Waals surface area contributed by atoms with Crippen LogP contribution in [0.4, 0.5) is 0 Å². The Labute approximate surface area is 146 Å². The van der Waals surface area contributed by atoms with Crippen molar-refractivity contribution in [2.45, 2.75) is 18.4 Å². The van der Waals surface area contributed by atoms with Crippen LogP contribution in [-0.2, 0) is 15.1 Å². The quantitative estimate of drug-likeness (QED) is 0.864. The summed E-state index contributed by atoms with van der Waals surface area (Å²) in [5.41, 5.74) is 1.38. The first kappa shape index (κ1) is 16.7. The standard InChI is InChI=1S/C19H19ClN2O2/c20-16-6-4-15(5-7-16)19(10-13-24-14-11-19)22-18(23)9-8-17-3-1-2-12-21-17/h1-9,12H,10-11,13-14H2,(H,22,23). The molecule has 1 fully saturated rings. The topological polar surface area (TPSA) is 51.2 Å². The molecule has 0 atom stereocenters. The van der Waals surface area contributed by atoms with E-state index in [1.54, 1.807) is 12.3 Å². The molecule has 5 heteroatoms. The highest BCUT2D eigenvalue weighted by molar-refractivity contribution is 6.30. The molecule has 24 heavy (non-hydrogen) atoms. The summed E-state index contributed by atoms with van der Waals surface area (Å²) in [5.74, 6) is -0.141. The molecule has 2 aromatic rings. The molecule has 1 aliphatic rings. The molecule has 3 rings (SSSR count). The molecule has 1 aromatic carbocycles. The second-order valence-electron chi connectivity index (χ2n) is 5.78. The van der Waals surface area contributed by atoms with Gasteiger partial charge in [0.2, 0.25) is 5.91 Å². The average Bonchev–Trinajstić information content (AvgIpc) is 2.62. The lowest BCUT2D eigenvalue weighted by molar-refractivity contribution is -0.119. The highest BCUT2D eigenvalue weighted by atomic mass is 35.5. The smallest absolute Gasteiger partial charge is 0.244 e. The van der Waals surface area contributed by atoms with Crippen molar-refractivity contribution >= 4 is 23.6 Å². The number of carbonyl (C=O) groups is 1. The summed E-state index contributed by atoms with van der Waals surface area (Å²) < 4.78 is 5.48. The highest BCUT2D eigenvalue weighted by Crippen LogP contribution is 2.32. The van der Waals surface area contributed by atoms with E-state index in [0.717, 1.165) is 24.1 Å². The first-order valence-electron chi connectivity index (χ1n) is 7.93. The van der Waals surface area contributed by atoms with Gasteiger partial charge in [-0.05, 0) is 48.7 Å². The summed E-state index contributed by atoms with van der Waals surface area (Å²) in [5, 5.41) is 3.84. The molecule has 1 aliphatic heterocycles. The minimum Gasteiger partial charge on any atom is -0.381 e. The number of rotatable bonds is 4. The number of aromatic nitrogens is 1. The van der Waals surface area contributed by atoms with Crippen LogP contribution in [0.5, 0.6) is 0 Å². The lowest BCUT2D eigenvalue weighted by Gasteiger charge is -2.38. The van der Waals surface area contributed by atoms with Crippen LogP contribution in [0.1, 0.15) is 24.1 Å². The van der Waals surface area contributed by atoms with Crippen molar-refractivity contribution in [3.63, 3.8) is 0 Å². The first-order chi connectivity index (χ1) is 11.7. The summed E-state index contributed by atoms with van der Waals surface area (Å²) in [6.45, 7) is 1.24. The van der Waals surface area contributed by atoms with Gasteiger partial charge in [0, 0.05) is 30.5 Å². The molecule has 0 aliphatic carbocycles. The summed E-state index contributed by atoms with van der Waals surface area (Å²) in [7, 11) is 0. The second-order valence-corrected chi connectivity index (χ2v) is 6.21. The average molecular weight is 343 g/mol. The van der Waals surface area contributed by atoms with Crippen LogP contribution >= 0.6 is 11.6 Å². The summed E-state index contributed by atoms with van der Waals surface area (Å²) >= 11 is 5.99. The zero-order chi connectivity index (χ0) is 16.8. The number of carbonyl (C=O) groups excluding carboxylic acids is 1. The van der Waals surface area contributed by atoms with Crippen LogP contribution in [-0.4, -0.2) is 24.1 Å². The van der Waals surface area contributed by atoms with E-state index >= 15 is 0 Å². The number of benzene rings is 1. The molecule has 0 unspecified atom stereocenters. The molecule has 0 spiro atoms. The minimum absolute atomic E-state index is 0.141. The third-order valence-electron chi connectivity index (χ3n) is 4.20. The number of amides is 1. The van der Waals surface area contributed by atoms with Gasteiger partial charge in [-0.2, -0.15) is 0 Å². The predicted molar refractivity (Wildman–Crippen MR) is 94.6 cm³/mol. The number of nitrogens with zero attached hydrogens (tertiary/aromatic N) is 1. The van der Waals surface area contributed by atoms with Crippen molar-refractivity contribution in [1.82, 2.24) is 10.3 Å². The summed E-state index contributed by atoms with van der Waals surface area (Å²) in [6, 6.07) is 13.2. The Kier molecular flexibility index (Phi) is 5.28. The Morgan fingerprint density at radius 1 is 1.17 bits per heavy atom. The normalized spacial score (nSPS) is 16.9. The maximum Gasteiger partial charge on any atom is 0.244 e. The molecule has 4 nitrogen and oxygen atoms in total. The van der Waals surface area contributed by atoms with Crippen molar-refractivity contribution in [3.05, 3.63) is 71.0 Å². The molecule has 1 saturated heterocycles. The molecule has 0 bridgehead atoms. The zero-order valence-electron chi connectivity index (χ0n) is 13.2. The van der Waals surface area contributed by atoms with E-state index in [4.69, 9.17) is 16.3 Å².